The second-order valence-corrected chi connectivity index (χ2v) is 2.96. The van der Waals surface area contributed by atoms with Gasteiger partial charge in [0.05, 0.1) is 0 Å². The van der Waals surface area contributed by atoms with Crippen LogP contribution >= 0.6 is 16.5 Å². The van der Waals surface area contributed by atoms with E-state index in [0.717, 1.165) is 0 Å². The van der Waals surface area contributed by atoms with Crippen LogP contribution in [0.3, 0.4) is 0 Å². The Bertz CT molecular complexity index is 158. The summed E-state index contributed by atoms with van der Waals surface area (Å²) in [5, 5.41) is 0. The van der Waals surface area contributed by atoms with E-state index in [9.17, 15) is 9.13 Å². The van der Waals surface area contributed by atoms with Crippen molar-refractivity contribution in [3.8, 4) is 0 Å². The molecule has 0 aliphatic heterocycles. The van der Waals surface area contributed by atoms with E-state index < -0.39 is 16.5 Å². The molecule has 0 aromatic rings. The lowest BCUT2D eigenvalue weighted by Gasteiger charge is -1.73. The van der Waals surface area contributed by atoms with E-state index in [0.29, 0.717) is 0 Å². The molecule has 12 heavy (non-hydrogen) atoms. The van der Waals surface area contributed by atoms with Crippen LogP contribution in [0.5, 0.6) is 0 Å². The van der Waals surface area contributed by atoms with Crippen LogP contribution in [-0.4, -0.2) is 11.5 Å². The predicted molar refractivity (Wildman–Crippen MR) is 46.0 cm³/mol. The van der Waals surface area contributed by atoms with Gasteiger partial charge in [-0.1, -0.05) is 19.9 Å². The minimum atomic E-state index is -2.85. The van der Waals surface area contributed by atoms with Gasteiger partial charge in [-0.05, 0) is 0 Å². The van der Waals surface area contributed by atoms with Crippen LogP contribution in [0.4, 0.5) is 0 Å². The maximum Gasteiger partial charge on any atom is 0.748 e. The van der Waals surface area contributed by atoms with Gasteiger partial charge in [0.25, 0.3) is 0 Å². The first-order chi connectivity index (χ1) is 5.66. The van der Waals surface area contributed by atoms with Crippen molar-refractivity contribution in [3.63, 3.8) is 0 Å². The quantitative estimate of drug-likeness (QED) is 0.562. The third kappa shape index (κ3) is 12.5. The van der Waals surface area contributed by atoms with Gasteiger partial charge in [0, 0.05) is 9.13 Å². The topological polar surface area (TPSA) is 72.8 Å². The predicted octanol–water partition coefficient (Wildman–Crippen LogP) is 2.54. The Morgan fingerprint density at radius 3 is 2.33 bits per heavy atom. The van der Waals surface area contributed by atoms with Crippen molar-refractivity contribution in [2.45, 2.75) is 13.8 Å². The van der Waals surface area contributed by atoms with Gasteiger partial charge in [-0.3, -0.25) is 0 Å². The molecule has 2 unspecified atom stereocenters. The molecule has 2 atom stereocenters. The molecular formula is C5H12O5P2+2. The Morgan fingerprint density at radius 1 is 1.50 bits per heavy atom. The second-order valence-electron chi connectivity index (χ2n) is 1.13. The summed E-state index contributed by atoms with van der Waals surface area (Å²) in [6.45, 7) is 7.29. The molecule has 0 aromatic heterocycles. The molecule has 0 aliphatic rings. The minimum Gasteiger partial charge on any atom is -0.131 e. The highest BCUT2D eigenvalue weighted by Gasteiger charge is 2.35. The molecule has 0 fully saturated rings. The van der Waals surface area contributed by atoms with Gasteiger partial charge in [-0.15, -0.1) is 16.0 Å². The van der Waals surface area contributed by atoms with Gasteiger partial charge in [0.15, 0.2) is 4.31 Å². The van der Waals surface area contributed by atoms with Crippen LogP contribution < -0.4 is 0 Å². The molecule has 0 heterocycles. The van der Waals surface area contributed by atoms with E-state index >= 15 is 0 Å². The smallest absolute Gasteiger partial charge is 0.131 e. The Labute approximate surface area is 73.3 Å². The summed E-state index contributed by atoms with van der Waals surface area (Å²) in [6.07, 6.45) is 1.35. The third-order valence-electron chi connectivity index (χ3n) is 0.434. The van der Waals surface area contributed by atoms with Gasteiger partial charge in [0.2, 0.25) is 0 Å². The van der Waals surface area contributed by atoms with Crippen LogP contribution in [-0.2, 0) is 18.0 Å². The highest BCUT2D eigenvalue weighted by Crippen LogP contribution is 2.35. The van der Waals surface area contributed by atoms with Crippen molar-refractivity contribution in [1.29, 1.82) is 0 Å². The normalized spacial score (nSPS) is 10.9. The monoisotopic (exact) mass is 214 g/mol. The van der Waals surface area contributed by atoms with Gasteiger partial charge in [-0.25, -0.2) is 0 Å². The average Bonchev–Trinajstić information content (AvgIpc) is 2.03. The summed E-state index contributed by atoms with van der Waals surface area (Å²) < 4.78 is 28.3. The molecule has 0 saturated heterocycles. The average molecular weight is 214 g/mol. The lowest BCUT2D eigenvalue weighted by Crippen LogP contribution is -1.78. The molecule has 0 aliphatic carbocycles. The summed E-state index contributed by atoms with van der Waals surface area (Å²) >= 11 is 0. The molecule has 0 amide bonds. The van der Waals surface area contributed by atoms with Crippen molar-refractivity contribution < 1.29 is 22.9 Å². The molecule has 0 spiro atoms. The fourth-order valence-electron chi connectivity index (χ4n) is 0.194. The molecule has 0 aromatic carbocycles. The molecule has 0 rings (SSSR count). The molecule has 70 valence electrons. The first-order valence-electron chi connectivity index (χ1n) is 3.22. The Kier molecular flexibility index (Phi) is 12.9. The van der Waals surface area contributed by atoms with Crippen molar-refractivity contribution in [3.05, 3.63) is 12.7 Å². The molecule has 0 radical (unpaired) electrons. The highest BCUT2D eigenvalue weighted by molar-refractivity contribution is 7.47. The zero-order valence-electron chi connectivity index (χ0n) is 6.97. The van der Waals surface area contributed by atoms with E-state index in [1.807, 2.05) is 13.8 Å². The van der Waals surface area contributed by atoms with Crippen molar-refractivity contribution in [2.75, 3.05) is 6.61 Å². The van der Waals surface area contributed by atoms with Crippen LogP contribution in [0.25, 0.3) is 0 Å². The van der Waals surface area contributed by atoms with E-state index in [4.69, 9.17) is 4.89 Å². The van der Waals surface area contributed by atoms with Crippen molar-refractivity contribution >= 4 is 16.5 Å². The first kappa shape index (κ1) is 14.3. The Hall–Kier alpha value is -0.180. The van der Waals surface area contributed by atoms with Crippen LogP contribution in [0.1, 0.15) is 13.8 Å². The summed E-state index contributed by atoms with van der Waals surface area (Å²) in [7, 11) is -5.33. The molecule has 0 saturated carbocycles. The SMILES string of the molecule is C=CCO[P+](=O)O[P+](=O)O.CC. The van der Waals surface area contributed by atoms with Gasteiger partial charge in [0.1, 0.15) is 6.61 Å². The summed E-state index contributed by atoms with van der Waals surface area (Å²) in [4.78, 5) is 8.02. The fourth-order valence-corrected chi connectivity index (χ4v) is 1.07. The van der Waals surface area contributed by atoms with Gasteiger partial charge >= 0.3 is 16.5 Å². The Morgan fingerprint density at radius 2 is 2.00 bits per heavy atom. The molecule has 1 N–H and O–H groups in total. The number of hydrogen-bond donors (Lipinski definition) is 1. The number of rotatable bonds is 5. The maximum absolute atomic E-state index is 10.3. The molecule has 5 nitrogen and oxygen atoms in total. The summed E-state index contributed by atoms with van der Waals surface area (Å²) in [6, 6.07) is 0. The molecular weight excluding hydrogens is 202 g/mol. The van der Waals surface area contributed by atoms with E-state index in [2.05, 4.69) is 15.4 Å². The maximum atomic E-state index is 10.3. The van der Waals surface area contributed by atoms with E-state index in [-0.39, 0.29) is 6.61 Å². The van der Waals surface area contributed by atoms with Crippen molar-refractivity contribution in [2.24, 2.45) is 0 Å². The first-order valence-corrected chi connectivity index (χ1v) is 5.44. The van der Waals surface area contributed by atoms with Crippen molar-refractivity contribution in [1.82, 2.24) is 0 Å². The van der Waals surface area contributed by atoms with Crippen LogP contribution in [0.2, 0.25) is 0 Å². The minimum absolute atomic E-state index is 0.0262. The standard InChI is InChI=1S/C3H5O5P2.C2H6/c1-2-3-7-10(6)8-9(4)5;1-2/h2H,1,3H2;1-2H3/q+1;/p+1. The zero-order chi connectivity index (χ0) is 9.98. The summed E-state index contributed by atoms with van der Waals surface area (Å²) in [5.41, 5.74) is 0. The highest BCUT2D eigenvalue weighted by atomic mass is 31.2. The van der Waals surface area contributed by atoms with Crippen LogP contribution in [0, 0.1) is 0 Å². The van der Waals surface area contributed by atoms with E-state index in [1.165, 1.54) is 6.08 Å². The number of hydrogen-bond acceptors (Lipinski definition) is 4. The molecule has 0 bridgehead atoms. The lowest BCUT2D eigenvalue weighted by molar-refractivity contribution is 0.307. The van der Waals surface area contributed by atoms with E-state index in [1.54, 1.807) is 0 Å². The van der Waals surface area contributed by atoms with Gasteiger partial charge in [-0.2, -0.15) is 0 Å². The summed E-state index contributed by atoms with van der Waals surface area (Å²) in [5.74, 6) is 0. The zero-order valence-corrected chi connectivity index (χ0v) is 8.76. The fraction of sp³-hybridized carbons (Fsp3) is 0.600. The molecule has 7 heteroatoms. The third-order valence-corrected chi connectivity index (χ3v) is 1.89. The van der Waals surface area contributed by atoms with Crippen LogP contribution in [0.15, 0.2) is 12.7 Å². The lowest BCUT2D eigenvalue weighted by atomic mass is 10.7. The Balaban J connectivity index is 0. The van der Waals surface area contributed by atoms with Gasteiger partial charge < -0.3 is 0 Å². The largest absolute Gasteiger partial charge is 0.748 e. The second kappa shape index (κ2) is 10.8.